The molecule has 0 unspecified atom stereocenters. The van der Waals surface area contributed by atoms with E-state index in [1.807, 2.05) is 0 Å². The molecule has 1 amide bonds. The highest BCUT2D eigenvalue weighted by Crippen LogP contribution is 2.37. The number of hydrogen-bond donors (Lipinski definition) is 2. The first-order valence-electron chi connectivity index (χ1n) is 8.23. The third-order valence-corrected chi connectivity index (χ3v) is 4.17. The molecule has 2 aromatic rings. The number of rotatable bonds is 1. The molecule has 0 aliphatic heterocycles. The summed E-state index contributed by atoms with van der Waals surface area (Å²) < 4.78 is 74.1. The average molecular weight is 475 g/mol. The summed E-state index contributed by atoms with van der Waals surface area (Å²) in [5, 5.41) is 1.70. The monoisotopic (exact) mass is 474 g/mol. The van der Waals surface area contributed by atoms with Crippen molar-refractivity contribution < 1.29 is 31.1 Å². The van der Waals surface area contributed by atoms with E-state index in [0.29, 0.717) is 0 Å². The highest BCUT2D eigenvalue weighted by atomic mass is 35.5. The van der Waals surface area contributed by atoms with Crippen LogP contribution in [-0.4, -0.2) is 5.91 Å². The number of benzene rings is 2. The Morgan fingerprint density at radius 3 is 1.67 bits per heavy atom. The molecule has 0 atom stereocenters. The van der Waals surface area contributed by atoms with E-state index in [9.17, 15) is 31.1 Å². The van der Waals surface area contributed by atoms with Gasteiger partial charge in [0.2, 0.25) is 5.91 Å². The minimum absolute atomic E-state index is 0.0479. The Bertz CT molecular complexity index is 905. The van der Waals surface area contributed by atoms with E-state index in [-0.39, 0.29) is 22.3 Å². The standard InChI is InChI=1S/C12H13ClF3NO.C7H5ClF3N/c1-11(2,3)10(18)17-7-4-5-9(13)8(6-7)12(14,15)16;8-6-2-1-4(12)3-5(6)7(9,10)11/h4-6H,1-3H3,(H,17,18);1-3H,12H2. The number of nitrogen functional groups attached to an aromatic ring is 1. The number of carbonyl (C=O) groups is 1. The second-order valence-electron chi connectivity index (χ2n) is 7.13. The summed E-state index contributed by atoms with van der Waals surface area (Å²) in [7, 11) is 0. The van der Waals surface area contributed by atoms with Gasteiger partial charge in [-0.3, -0.25) is 4.79 Å². The van der Waals surface area contributed by atoms with Crippen LogP contribution in [0.25, 0.3) is 0 Å². The Morgan fingerprint density at radius 2 is 1.27 bits per heavy atom. The fourth-order valence-corrected chi connectivity index (χ4v) is 2.35. The van der Waals surface area contributed by atoms with Crippen LogP contribution < -0.4 is 11.1 Å². The number of halogens is 8. The van der Waals surface area contributed by atoms with Gasteiger partial charge in [-0.2, -0.15) is 26.3 Å². The van der Waals surface area contributed by atoms with Crippen molar-refractivity contribution in [1.29, 1.82) is 0 Å². The number of alkyl halides is 6. The van der Waals surface area contributed by atoms with Gasteiger partial charge in [-0.25, -0.2) is 0 Å². The van der Waals surface area contributed by atoms with Crippen LogP contribution in [0.1, 0.15) is 31.9 Å². The number of amides is 1. The van der Waals surface area contributed by atoms with E-state index in [1.165, 1.54) is 12.1 Å². The van der Waals surface area contributed by atoms with Crippen molar-refractivity contribution in [1.82, 2.24) is 0 Å². The lowest BCUT2D eigenvalue weighted by atomic mass is 9.95. The van der Waals surface area contributed by atoms with Crippen LogP contribution in [0.3, 0.4) is 0 Å². The molecule has 0 aromatic heterocycles. The van der Waals surface area contributed by atoms with E-state index >= 15 is 0 Å². The van der Waals surface area contributed by atoms with Gasteiger partial charge in [0, 0.05) is 16.8 Å². The van der Waals surface area contributed by atoms with Crippen LogP contribution in [0.2, 0.25) is 10.0 Å². The summed E-state index contributed by atoms with van der Waals surface area (Å²) in [5.74, 6) is -0.363. The topological polar surface area (TPSA) is 55.1 Å². The lowest BCUT2D eigenvalue weighted by molar-refractivity contribution is -0.138. The smallest absolute Gasteiger partial charge is 0.399 e. The fourth-order valence-electron chi connectivity index (χ4n) is 1.90. The third kappa shape index (κ3) is 7.60. The Morgan fingerprint density at radius 1 is 0.833 bits per heavy atom. The third-order valence-electron chi connectivity index (χ3n) is 3.51. The minimum Gasteiger partial charge on any atom is -0.399 e. The highest BCUT2D eigenvalue weighted by molar-refractivity contribution is 6.31. The van der Waals surface area contributed by atoms with Crippen molar-refractivity contribution in [2.45, 2.75) is 33.1 Å². The Kier molecular flexibility index (Phi) is 8.07. The molecule has 0 fully saturated rings. The molecule has 166 valence electrons. The quantitative estimate of drug-likeness (QED) is 0.336. The van der Waals surface area contributed by atoms with Gasteiger partial charge >= 0.3 is 12.4 Å². The predicted octanol–water partition coefficient (Wildman–Crippen LogP) is 7.28. The second-order valence-corrected chi connectivity index (χ2v) is 7.95. The van der Waals surface area contributed by atoms with Gasteiger partial charge in [0.15, 0.2) is 0 Å². The Labute approximate surface area is 179 Å². The Balaban J connectivity index is 0.000000325. The van der Waals surface area contributed by atoms with Crippen molar-refractivity contribution >= 4 is 40.5 Å². The molecular formula is C19H18Cl2F6N2O. The largest absolute Gasteiger partial charge is 0.417 e. The molecular weight excluding hydrogens is 457 g/mol. The van der Waals surface area contributed by atoms with Crippen LogP contribution >= 0.6 is 23.2 Å². The maximum atomic E-state index is 12.6. The van der Waals surface area contributed by atoms with Crippen molar-refractivity contribution in [3.63, 3.8) is 0 Å². The summed E-state index contributed by atoms with van der Waals surface area (Å²) in [4.78, 5) is 11.7. The van der Waals surface area contributed by atoms with E-state index in [4.69, 9.17) is 28.9 Å². The highest BCUT2D eigenvalue weighted by Gasteiger charge is 2.34. The first kappa shape index (κ1) is 25.9. The molecule has 0 radical (unpaired) electrons. The molecule has 0 bridgehead atoms. The lowest BCUT2D eigenvalue weighted by Gasteiger charge is -2.18. The zero-order chi connectivity index (χ0) is 23.5. The molecule has 0 aliphatic carbocycles. The molecule has 30 heavy (non-hydrogen) atoms. The predicted molar refractivity (Wildman–Crippen MR) is 105 cm³/mol. The molecule has 0 saturated carbocycles. The maximum Gasteiger partial charge on any atom is 0.417 e. The lowest BCUT2D eigenvalue weighted by Crippen LogP contribution is -2.27. The van der Waals surface area contributed by atoms with Gasteiger partial charge in [0.25, 0.3) is 0 Å². The SMILES string of the molecule is CC(C)(C)C(=O)Nc1ccc(Cl)c(C(F)(F)F)c1.Nc1ccc(Cl)c(C(F)(F)F)c1. The van der Waals surface area contributed by atoms with Crippen LogP contribution in [0.4, 0.5) is 37.7 Å². The first-order valence-corrected chi connectivity index (χ1v) is 8.99. The van der Waals surface area contributed by atoms with Gasteiger partial charge < -0.3 is 11.1 Å². The van der Waals surface area contributed by atoms with Crippen LogP contribution in [0.15, 0.2) is 36.4 Å². The number of carbonyl (C=O) groups excluding carboxylic acids is 1. The van der Waals surface area contributed by atoms with Gasteiger partial charge in [0.1, 0.15) is 0 Å². The first-order chi connectivity index (χ1) is 13.4. The van der Waals surface area contributed by atoms with Gasteiger partial charge in [0.05, 0.1) is 21.2 Å². The number of nitrogens with one attached hydrogen (secondary N) is 1. The van der Waals surface area contributed by atoms with Crippen molar-refractivity contribution in [2.75, 3.05) is 11.1 Å². The molecule has 2 aromatic carbocycles. The molecule has 3 nitrogen and oxygen atoms in total. The molecule has 0 spiro atoms. The molecule has 2 rings (SSSR count). The molecule has 0 aliphatic rings. The Hall–Kier alpha value is -2.13. The molecule has 3 N–H and O–H groups in total. The second kappa shape index (κ2) is 9.34. The van der Waals surface area contributed by atoms with E-state index < -0.39 is 33.9 Å². The number of anilines is 2. The van der Waals surface area contributed by atoms with E-state index in [0.717, 1.165) is 24.3 Å². The minimum atomic E-state index is -4.54. The number of nitrogens with two attached hydrogens (primary N) is 1. The molecule has 11 heteroatoms. The average Bonchev–Trinajstić information content (AvgIpc) is 2.56. The van der Waals surface area contributed by atoms with Crippen LogP contribution in [0, 0.1) is 5.41 Å². The fraction of sp³-hybridized carbons (Fsp3) is 0.316. The van der Waals surface area contributed by atoms with E-state index in [1.54, 1.807) is 20.8 Å². The zero-order valence-electron chi connectivity index (χ0n) is 16.0. The summed E-state index contributed by atoms with van der Waals surface area (Å²) in [5.41, 5.74) is 2.75. The summed E-state index contributed by atoms with van der Waals surface area (Å²) in [6.07, 6.45) is -8.98. The van der Waals surface area contributed by atoms with E-state index in [2.05, 4.69) is 5.32 Å². The van der Waals surface area contributed by atoms with Crippen LogP contribution in [-0.2, 0) is 17.1 Å². The van der Waals surface area contributed by atoms with Crippen molar-refractivity contribution in [2.24, 2.45) is 5.41 Å². The van der Waals surface area contributed by atoms with Gasteiger partial charge in [-0.1, -0.05) is 44.0 Å². The molecule has 0 saturated heterocycles. The van der Waals surface area contributed by atoms with Crippen molar-refractivity contribution in [3.05, 3.63) is 57.6 Å². The zero-order valence-corrected chi connectivity index (χ0v) is 17.5. The summed E-state index contributed by atoms with van der Waals surface area (Å²) in [6.45, 7) is 5.01. The van der Waals surface area contributed by atoms with Crippen molar-refractivity contribution in [3.8, 4) is 0 Å². The normalized spacial score (nSPS) is 12.1. The maximum absolute atomic E-state index is 12.6. The summed E-state index contributed by atoms with van der Waals surface area (Å²) >= 11 is 10.8. The molecule has 0 heterocycles. The number of hydrogen-bond acceptors (Lipinski definition) is 2. The van der Waals surface area contributed by atoms with Crippen LogP contribution in [0.5, 0.6) is 0 Å². The van der Waals surface area contributed by atoms with Gasteiger partial charge in [-0.05, 0) is 36.4 Å². The van der Waals surface area contributed by atoms with Gasteiger partial charge in [-0.15, -0.1) is 0 Å². The summed E-state index contributed by atoms with van der Waals surface area (Å²) in [6, 6.07) is 6.52.